The Hall–Kier alpha value is -1.59. The van der Waals surface area contributed by atoms with Gasteiger partial charge >= 0.3 is 0 Å². The molecule has 0 saturated carbocycles. The van der Waals surface area contributed by atoms with Crippen molar-refractivity contribution in [2.45, 2.75) is 19.8 Å². The molecule has 0 amide bonds. The van der Waals surface area contributed by atoms with Crippen LogP contribution in [0.1, 0.15) is 19.2 Å². The van der Waals surface area contributed by atoms with Gasteiger partial charge in [0.15, 0.2) is 5.82 Å². The maximum Gasteiger partial charge on any atom is 0.160 e. The molecule has 1 aromatic heterocycles. The molecule has 1 aromatic carbocycles. The molecule has 112 valence electrons. The first kappa shape index (κ1) is 15.8. The SMILES string of the molecule is CCCc1nc(NC)cc(Nc2cc(Cl)c(F)c(Cl)c2)n1. The molecule has 0 fully saturated rings. The summed E-state index contributed by atoms with van der Waals surface area (Å²) in [7, 11) is 1.79. The van der Waals surface area contributed by atoms with Crippen LogP contribution in [0.4, 0.5) is 21.7 Å². The number of nitrogens with zero attached hydrogens (tertiary/aromatic N) is 2. The Balaban J connectivity index is 2.32. The second-order valence-corrected chi connectivity index (χ2v) is 5.25. The predicted octanol–water partition coefficient (Wildman–Crippen LogP) is 4.66. The van der Waals surface area contributed by atoms with E-state index >= 15 is 0 Å². The van der Waals surface area contributed by atoms with Crippen molar-refractivity contribution in [3.63, 3.8) is 0 Å². The van der Waals surface area contributed by atoms with E-state index < -0.39 is 5.82 Å². The normalized spacial score (nSPS) is 10.5. The number of benzene rings is 1. The third-order valence-electron chi connectivity index (χ3n) is 2.76. The van der Waals surface area contributed by atoms with Crippen molar-refractivity contribution in [2.24, 2.45) is 0 Å². The van der Waals surface area contributed by atoms with Gasteiger partial charge in [-0.2, -0.15) is 0 Å². The summed E-state index contributed by atoms with van der Waals surface area (Å²) in [5.41, 5.74) is 0.564. The Morgan fingerprint density at radius 1 is 1.10 bits per heavy atom. The zero-order valence-corrected chi connectivity index (χ0v) is 13.2. The van der Waals surface area contributed by atoms with Crippen molar-refractivity contribution in [1.82, 2.24) is 9.97 Å². The number of rotatable bonds is 5. The molecule has 0 aliphatic heterocycles. The number of hydrogen-bond donors (Lipinski definition) is 2. The zero-order chi connectivity index (χ0) is 15.4. The highest BCUT2D eigenvalue weighted by Crippen LogP contribution is 2.29. The zero-order valence-electron chi connectivity index (χ0n) is 11.7. The van der Waals surface area contributed by atoms with Crippen molar-refractivity contribution in [2.75, 3.05) is 17.7 Å². The lowest BCUT2D eigenvalue weighted by Gasteiger charge is -2.10. The number of anilines is 3. The van der Waals surface area contributed by atoms with Gasteiger partial charge in [0.25, 0.3) is 0 Å². The summed E-state index contributed by atoms with van der Waals surface area (Å²) in [4.78, 5) is 8.76. The summed E-state index contributed by atoms with van der Waals surface area (Å²) < 4.78 is 13.4. The summed E-state index contributed by atoms with van der Waals surface area (Å²) in [5, 5.41) is 5.96. The van der Waals surface area contributed by atoms with Crippen LogP contribution < -0.4 is 10.6 Å². The summed E-state index contributed by atoms with van der Waals surface area (Å²) in [6.45, 7) is 2.06. The van der Waals surface area contributed by atoms with Gasteiger partial charge < -0.3 is 10.6 Å². The fourth-order valence-corrected chi connectivity index (χ4v) is 2.29. The second kappa shape index (κ2) is 6.91. The van der Waals surface area contributed by atoms with Gasteiger partial charge in [0.2, 0.25) is 0 Å². The maximum atomic E-state index is 13.4. The Morgan fingerprint density at radius 2 is 1.71 bits per heavy atom. The maximum absolute atomic E-state index is 13.4. The van der Waals surface area contributed by atoms with Gasteiger partial charge in [0, 0.05) is 25.2 Å². The van der Waals surface area contributed by atoms with Gasteiger partial charge in [-0.3, -0.25) is 0 Å². The lowest BCUT2D eigenvalue weighted by molar-refractivity contribution is 0.629. The summed E-state index contributed by atoms with van der Waals surface area (Å²) in [6, 6.07) is 4.68. The molecule has 0 saturated heterocycles. The topological polar surface area (TPSA) is 49.8 Å². The fraction of sp³-hybridized carbons (Fsp3) is 0.286. The van der Waals surface area contributed by atoms with Crippen molar-refractivity contribution >= 4 is 40.5 Å². The van der Waals surface area contributed by atoms with E-state index in [0.29, 0.717) is 17.3 Å². The molecule has 21 heavy (non-hydrogen) atoms. The van der Waals surface area contributed by atoms with E-state index in [9.17, 15) is 4.39 Å². The van der Waals surface area contributed by atoms with Crippen LogP contribution in [0.25, 0.3) is 0 Å². The summed E-state index contributed by atoms with van der Waals surface area (Å²) in [5.74, 6) is 1.40. The van der Waals surface area contributed by atoms with E-state index in [2.05, 4.69) is 27.5 Å². The average molecular weight is 329 g/mol. The minimum absolute atomic E-state index is 0.0401. The first-order chi connectivity index (χ1) is 10.0. The third-order valence-corrected chi connectivity index (χ3v) is 3.31. The molecule has 0 aliphatic carbocycles. The molecule has 0 aliphatic rings. The summed E-state index contributed by atoms with van der Waals surface area (Å²) in [6.07, 6.45) is 1.72. The summed E-state index contributed by atoms with van der Waals surface area (Å²) >= 11 is 11.6. The van der Waals surface area contributed by atoms with Crippen LogP contribution in [0.15, 0.2) is 18.2 Å². The van der Waals surface area contributed by atoms with Crippen molar-refractivity contribution in [3.8, 4) is 0 Å². The van der Waals surface area contributed by atoms with Crippen LogP contribution in [0, 0.1) is 5.82 Å². The molecular formula is C14H15Cl2FN4. The molecule has 1 heterocycles. The van der Waals surface area contributed by atoms with Crippen LogP contribution in [0.5, 0.6) is 0 Å². The third kappa shape index (κ3) is 3.95. The number of aryl methyl sites for hydroxylation is 1. The lowest BCUT2D eigenvalue weighted by Crippen LogP contribution is -2.04. The molecular weight excluding hydrogens is 314 g/mol. The van der Waals surface area contributed by atoms with E-state index in [0.717, 1.165) is 18.7 Å². The van der Waals surface area contributed by atoms with E-state index in [1.165, 1.54) is 12.1 Å². The molecule has 2 N–H and O–H groups in total. The van der Waals surface area contributed by atoms with Crippen molar-refractivity contribution in [1.29, 1.82) is 0 Å². The molecule has 2 aromatic rings. The second-order valence-electron chi connectivity index (χ2n) is 4.43. The molecule has 7 heteroatoms. The molecule has 4 nitrogen and oxygen atoms in total. The van der Waals surface area contributed by atoms with Gasteiger partial charge in [-0.25, -0.2) is 14.4 Å². The van der Waals surface area contributed by atoms with Crippen LogP contribution in [0.3, 0.4) is 0 Å². The van der Waals surface area contributed by atoms with Gasteiger partial charge in [-0.15, -0.1) is 0 Å². The monoisotopic (exact) mass is 328 g/mol. The smallest absolute Gasteiger partial charge is 0.160 e. The highest BCUT2D eigenvalue weighted by Gasteiger charge is 2.09. The number of nitrogens with one attached hydrogen (secondary N) is 2. The first-order valence-electron chi connectivity index (χ1n) is 6.50. The van der Waals surface area contributed by atoms with Gasteiger partial charge in [0.05, 0.1) is 10.0 Å². The number of halogens is 3. The quantitative estimate of drug-likeness (QED) is 0.783. The molecule has 0 radical (unpaired) electrons. The van der Waals surface area contributed by atoms with Crippen molar-refractivity contribution < 1.29 is 4.39 Å². The van der Waals surface area contributed by atoms with Gasteiger partial charge in [-0.05, 0) is 18.6 Å². The van der Waals surface area contributed by atoms with E-state index in [-0.39, 0.29) is 10.0 Å². The Kier molecular flexibility index (Phi) is 5.20. The Labute approximate surface area is 132 Å². The minimum atomic E-state index is -0.630. The van der Waals surface area contributed by atoms with Crippen LogP contribution in [0.2, 0.25) is 10.0 Å². The van der Waals surface area contributed by atoms with E-state index in [4.69, 9.17) is 23.2 Å². The van der Waals surface area contributed by atoms with Crippen LogP contribution in [-0.4, -0.2) is 17.0 Å². The Morgan fingerprint density at radius 3 is 2.29 bits per heavy atom. The molecule has 0 atom stereocenters. The fourth-order valence-electron chi connectivity index (χ4n) is 1.80. The molecule has 0 unspecified atom stereocenters. The average Bonchev–Trinajstić information content (AvgIpc) is 2.44. The Bertz CT molecular complexity index is 626. The lowest BCUT2D eigenvalue weighted by atomic mass is 10.3. The molecule has 0 spiro atoms. The van der Waals surface area contributed by atoms with Crippen molar-refractivity contribution in [3.05, 3.63) is 39.9 Å². The van der Waals surface area contributed by atoms with E-state index in [1.807, 2.05) is 0 Å². The van der Waals surface area contributed by atoms with Gasteiger partial charge in [0.1, 0.15) is 17.5 Å². The number of hydrogen-bond acceptors (Lipinski definition) is 4. The van der Waals surface area contributed by atoms with Crippen LogP contribution >= 0.6 is 23.2 Å². The first-order valence-corrected chi connectivity index (χ1v) is 7.26. The molecule has 0 bridgehead atoms. The van der Waals surface area contributed by atoms with Gasteiger partial charge in [-0.1, -0.05) is 30.1 Å². The standard InChI is InChI=1S/C14H15Cl2FN4/c1-3-4-11-20-12(18-2)7-13(21-11)19-8-5-9(15)14(17)10(16)6-8/h5-7H,3-4H2,1-2H3,(H2,18,19,20,21). The highest BCUT2D eigenvalue weighted by atomic mass is 35.5. The van der Waals surface area contributed by atoms with E-state index in [1.54, 1.807) is 13.1 Å². The highest BCUT2D eigenvalue weighted by molar-refractivity contribution is 6.35. The number of aromatic nitrogens is 2. The largest absolute Gasteiger partial charge is 0.373 e. The predicted molar refractivity (Wildman–Crippen MR) is 85.3 cm³/mol. The minimum Gasteiger partial charge on any atom is -0.373 e. The van der Waals surface area contributed by atoms with Crippen LogP contribution in [-0.2, 0) is 6.42 Å². The molecule has 2 rings (SSSR count).